The van der Waals surface area contributed by atoms with Gasteiger partial charge in [0.05, 0.1) is 13.0 Å². The van der Waals surface area contributed by atoms with Crippen LogP contribution in [0.25, 0.3) is 5.65 Å². The van der Waals surface area contributed by atoms with E-state index in [9.17, 15) is 14.4 Å². The minimum atomic E-state index is -0.323. The first-order chi connectivity index (χ1) is 14.4. The van der Waals surface area contributed by atoms with E-state index in [0.29, 0.717) is 28.4 Å². The molecule has 1 amide bonds. The van der Waals surface area contributed by atoms with E-state index in [2.05, 4.69) is 20.4 Å². The molecule has 0 bridgehead atoms. The highest BCUT2D eigenvalue weighted by molar-refractivity contribution is 5.92. The van der Waals surface area contributed by atoms with Gasteiger partial charge in [-0.3, -0.25) is 14.0 Å². The molecule has 0 aliphatic rings. The lowest BCUT2D eigenvalue weighted by molar-refractivity contribution is -0.115. The third-order valence-corrected chi connectivity index (χ3v) is 4.71. The molecule has 9 heteroatoms. The Labute approximate surface area is 171 Å². The van der Waals surface area contributed by atoms with Crippen molar-refractivity contribution in [2.45, 2.75) is 26.8 Å². The Morgan fingerprint density at radius 2 is 1.97 bits per heavy atom. The summed E-state index contributed by atoms with van der Waals surface area (Å²) in [5, 5.41) is 7.11. The van der Waals surface area contributed by atoms with Gasteiger partial charge in [0.1, 0.15) is 5.82 Å². The summed E-state index contributed by atoms with van der Waals surface area (Å²) in [6.07, 6.45) is 1.59. The van der Waals surface area contributed by atoms with Crippen molar-refractivity contribution >= 4 is 17.2 Å². The number of rotatable bonds is 5. The summed E-state index contributed by atoms with van der Waals surface area (Å²) in [5.74, 6) is 0.188. The van der Waals surface area contributed by atoms with Crippen molar-refractivity contribution in [2.75, 3.05) is 5.32 Å². The molecule has 0 spiro atoms. The number of anilines is 1. The summed E-state index contributed by atoms with van der Waals surface area (Å²) >= 11 is 0. The zero-order valence-electron chi connectivity index (χ0n) is 16.5. The summed E-state index contributed by atoms with van der Waals surface area (Å²) in [5.41, 5.74) is 2.28. The molecule has 0 saturated carbocycles. The summed E-state index contributed by atoms with van der Waals surface area (Å²) in [7, 11) is 0. The molecule has 9 nitrogen and oxygen atoms in total. The molecular formula is C21H20N6O3. The number of carbonyl (C=O) groups excluding carboxylic acids is 1. The van der Waals surface area contributed by atoms with Crippen LogP contribution in [-0.4, -0.2) is 30.1 Å². The first-order valence-corrected chi connectivity index (χ1v) is 9.40. The van der Waals surface area contributed by atoms with Crippen LogP contribution >= 0.6 is 0 Å². The second-order valence-corrected chi connectivity index (χ2v) is 7.01. The summed E-state index contributed by atoms with van der Waals surface area (Å²) in [4.78, 5) is 43.8. The van der Waals surface area contributed by atoms with Crippen LogP contribution in [0.4, 0.5) is 5.69 Å². The highest BCUT2D eigenvalue weighted by atomic mass is 16.2. The molecule has 0 aliphatic heterocycles. The van der Waals surface area contributed by atoms with E-state index in [1.54, 1.807) is 50.4 Å². The van der Waals surface area contributed by atoms with Crippen molar-refractivity contribution in [3.8, 4) is 0 Å². The highest BCUT2D eigenvalue weighted by Crippen LogP contribution is 2.12. The van der Waals surface area contributed by atoms with Crippen molar-refractivity contribution in [2.24, 2.45) is 0 Å². The smallest absolute Gasteiger partial charge is 0.326 e. The molecule has 4 rings (SSSR count). The Morgan fingerprint density at radius 3 is 2.73 bits per heavy atom. The maximum Gasteiger partial charge on any atom is 0.350 e. The molecule has 3 aromatic heterocycles. The molecule has 1 aromatic carbocycles. The summed E-state index contributed by atoms with van der Waals surface area (Å²) in [6.45, 7) is 3.67. The number of fused-ring (bicyclic) bond motifs is 1. The standard InChI is InChI=1S/C21H20N6O3/c1-13-17(20(29)23-14(2)22-13)11-19(28)24-16-7-5-6-15(10-16)12-27-21(30)26-9-4-3-8-18(26)25-27/h3-10H,11-12H2,1-2H3,(H,24,28)(H,22,23,29). The number of carbonyl (C=O) groups is 1. The lowest BCUT2D eigenvalue weighted by atomic mass is 10.1. The molecule has 3 heterocycles. The Kier molecular flexibility index (Phi) is 5.01. The normalized spacial score (nSPS) is 11.0. The molecular weight excluding hydrogens is 384 g/mol. The fourth-order valence-corrected chi connectivity index (χ4v) is 3.32. The number of amides is 1. The van der Waals surface area contributed by atoms with Crippen LogP contribution in [0, 0.1) is 13.8 Å². The Bertz CT molecular complexity index is 1370. The number of H-pyrrole nitrogens is 1. The number of aromatic amines is 1. The third kappa shape index (κ3) is 3.90. The van der Waals surface area contributed by atoms with Crippen molar-refractivity contribution in [1.82, 2.24) is 24.1 Å². The number of nitrogens with one attached hydrogen (secondary N) is 2. The Balaban J connectivity index is 1.51. The van der Waals surface area contributed by atoms with Crippen LogP contribution in [0.1, 0.15) is 22.6 Å². The molecule has 0 fully saturated rings. The topological polar surface area (TPSA) is 114 Å². The highest BCUT2D eigenvalue weighted by Gasteiger charge is 2.13. The lowest BCUT2D eigenvalue weighted by Gasteiger charge is -2.08. The van der Waals surface area contributed by atoms with Gasteiger partial charge in [0.15, 0.2) is 5.65 Å². The maximum absolute atomic E-state index is 12.4. The quantitative estimate of drug-likeness (QED) is 0.522. The summed E-state index contributed by atoms with van der Waals surface area (Å²) in [6, 6.07) is 12.5. The van der Waals surface area contributed by atoms with Crippen LogP contribution in [0.3, 0.4) is 0 Å². The van der Waals surface area contributed by atoms with Gasteiger partial charge in [0.25, 0.3) is 5.56 Å². The summed E-state index contributed by atoms with van der Waals surface area (Å²) < 4.78 is 2.85. The molecule has 2 N–H and O–H groups in total. The van der Waals surface area contributed by atoms with E-state index in [1.165, 1.54) is 9.08 Å². The van der Waals surface area contributed by atoms with E-state index in [1.807, 2.05) is 12.1 Å². The lowest BCUT2D eigenvalue weighted by Crippen LogP contribution is -2.24. The molecule has 0 unspecified atom stereocenters. The van der Waals surface area contributed by atoms with E-state index in [4.69, 9.17) is 0 Å². The number of benzene rings is 1. The van der Waals surface area contributed by atoms with E-state index < -0.39 is 0 Å². The molecule has 0 atom stereocenters. The van der Waals surface area contributed by atoms with Gasteiger partial charge in [-0.15, -0.1) is 5.10 Å². The van der Waals surface area contributed by atoms with Crippen LogP contribution in [-0.2, 0) is 17.8 Å². The van der Waals surface area contributed by atoms with Crippen molar-refractivity contribution < 1.29 is 4.79 Å². The molecule has 4 aromatic rings. The van der Waals surface area contributed by atoms with Crippen LogP contribution in [0.5, 0.6) is 0 Å². The van der Waals surface area contributed by atoms with Gasteiger partial charge in [-0.2, -0.15) is 0 Å². The SMILES string of the molecule is Cc1nc(C)c(CC(=O)Nc2cccc(Cn3nc4ccccn4c3=O)c2)c(=O)[nH]1. The van der Waals surface area contributed by atoms with Gasteiger partial charge in [-0.1, -0.05) is 18.2 Å². The molecule has 0 saturated heterocycles. The van der Waals surface area contributed by atoms with E-state index in [-0.39, 0.29) is 30.1 Å². The predicted molar refractivity (Wildman–Crippen MR) is 112 cm³/mol. The van der Waals surface area contributed by atoms with Crippen molar-refractivity contribution in [3.63, 3.8) is 0 Å². The van der Waals surface area contributed by atoms with Gasteiger partial charge in [-0.05, 0) is 43.7 Å². The van der Waals surface area contributed by atoms with E-state index >= 15 is 0 Å². The van der Waals surface area contributed by atoms with Crippen molar-refractivity contribution in [1.29, 1.82) is 0 Å². The van der Waals surface area contributed by atoms with E-state index in [0.717, 1.165) is 5.56 Å². The second-order valence-electron chi connectivity index (χ2n) is 7.01. The minimum absolute atomic E-state index is 0.0788. The molecule has 0 radical (unpaired) electrons. The molecule has 152 valence electrons. The van der Waals surface area contributed by atoms with Gasteiger partial charge >= 0.3 is 5.69 Å². The zero-order valence-corrected chi connectivity index (χ0v) is 16.5. The average molecular weight is 404 g/mol. The van der Waals surface area contributed by atoms with Crippen LogP contribution in [0.2, 0.25) is 0 Å². The first-order valence-electron chi connectivity index (χ1n) is 9.40. The predicted octanol–water partition coefficient (Wildman–Crippen LogP) is 1.43. The number of aromatic nitrogens is 5. The fraction of sp³-hybridized carbons (Fsp3) is 0.190. The first kappa shape index (κ1) is 19.3. The fourth-order valence-electron chi connectivity index (χ4n) is 3.32. The van der Waals surface area contributed by atoms with Gasteiger partial charge in [0.2, 0.25) is 5.91 Å². The average Bonchev–Trinajstić information content (AvgIpc) is 3.01. The zero-order chi connectivity index (χ0) is 21.3. The minimum Gasteiger partial charge on any atom is -0.326 e. The van der Waals surface area contributed by atoms with Gasteiger partial charge in [-0.25, -0.2) is 14.5 Å². The Hall–Kier alpha value is -4.01. The number of hydrogen-bond acceptors (Lipinski definition) is 5. The number of hydrogen-bond donors (Lipinski definition) is 2. The van der Waals surface area contributed by atoms with Gasteiger partial charge < -0.3 is 10.3 Å². The van der Waals surface area contributed by atoms with Crippen molar-refractivity contribution in [3.05, 3.63) is 92.1 Å². The largest absolute Gasteiger partial charge is 0.350 e. The molecule has 0 aliphatic carbocycles. The Morgan fingerprint density at radius 1 is 1.13 bits per heavy atom. The number of pyridine rings is 1. The monoisotopic (exact) mass is 404 g/mol. The van der Waals surface area contributed by atoms with Gasteiger partial charge in [0, 0.05) is 23.1 Å². The second kappa shape index (κ2) is 7.78. The third-order valence-electron chi connectivity index (χ3n) is 4.71. The maximum atomic E-state index is 12.4. The number of nitrogens with zero attached hydrogens (tertiary/aromatic N) is 4. The van der Waals surface area contributed by atoms with Crippen LogP contribution in [0.15, 0.2) is 58.3 Å². The molecule has 30 heavy (non-hydrogen) atoms. The number of aryl methyl sites for hydroxylation is 2. The van der Waals surface area contributed by atoms with Crippen LogP contribution < -0.4 is 16.6 Å².